The molecule has 0 aliphatic carbocycles. The minimum absolute atomic E-state index is 0. The van der Waals surface area contributed by atoms with Crippen molar-refractivity contribution < 1.29 is 36.2 Å². The molecular weight excluding hydrogens is 420 g/mol. The Bertz CT molecular complexity index is 911. The summed E-state index contributed by atoms with van der Waals surface area (Å²) in [5, 5.41) is 11.3. The maximum absolute atomic E-state index is 12.7. The van der Waals surface area contributed by atoms with Crippen LogP contribution in [0.5, 0.6) is 0 Å². The first-order valence-corrected chi connectivity index (χ1v) is 8.74. The van der Waals surface area contributed by atoms with Crippen LogP contribution in [0.3, 0.4) is 0 Å². The summed E-state index contributed by atoms with van der Waals surface area (Å²) in [7, 11) is 0. The van der Waals surface area contributed by atoms with E-state index in [1.165, 1.54) is 0 Å². The fraction of sp³-hybridized carbons (Fsp3) is 0.136. The lowest BCUT2D eigenvalue weighted by Crippen LogP contribution is -3.00. The van der Waals surface area contributed by atoms with E-state index in [2.05, 4.69) is 5.32 Å². The number of aromatic nitrogens is 1. The first kappa shape index (κ1) is 21.5. The van der Waals surface area contributed by atoms with Crippen molar-refractivity contribution in [2.24, 2.45) is 0 Å². The summed E-state index contributed by atoms with van der Waals surface area (Å²) in [5.41, 5.74) is 3.35. The van der Waals surface area contributed by atoms with E-state index in [1.807, 2.05) is 54.6 Å². The Morgan fingerprint density at radius 2 is 1.39 bits per heavy atom. The summed E-state index contributed by atoms with van der Waals surface area (Å²) in [5.74, 6) is -0.254. The molecule has 2 N–H and O–H groups in total. The lowest BCUT2D eigenvalue weighted by molar-refractivity contribution is -0.684. The second kappa shape index (κ2) is 10.5. The molecule has 3 rings (SSSR count). The number of halogens is 1. The number of hydrogen-bond donors (Lipinski definition) is 2. The highest BCUT2D eigenvalue weighted by molar-refractivity contribution is 6.09. The number of rotatable bonds is 7. The van der Waals surface area contributed by atoms with Gasteiger partial charge >= 0.3 is 0 Å². The summed E-state index contributed by atoms with van der Waals surface area (Å²) in [6, 6.07) is 20.9. The van der Waals surface area contributed by atoms with Gasteiger partial charge in [-0.3, -0.25) is 9.59 Å². The molecule has 0 atom stereocenters. The van der Waals surface area contributed by atoms with Gasteiger partial charge in [0.05, 0.1) is 6.61 Å². The van der Waals surface area contributed by atoms with Crippen LogP contribution in [0.2, 0.25) is 0 Å². The minimum atomic E-state index is -0.190. The van der Waals surface area contributed by atoms with Gasteiger partial charge in [0.1, 0.15) is 0 Å². The Labute approximate surface area is 174 Å². The first-order chi connectivity index (χ1) is 13.2. The quantitative estimate of drug-likeness (QED) is 0.365. The molecule has 0 fully saturated rings. The third-order valence-corrected chi connectivity index (χ3v) is 4.17. The van der Waals surface area contributed by atoms with Crippen molar-refractivity contribution in [1.29, 1.82) is 0 Å². The number of hydrogen-bond acceptors (Lipinski definition) is 3. The van der Waals surface area contributed by atoms with E-state index < -0.39 is 0 Å². The number of ketones is 1. The highest BCUT2D eigenvalue weighted by Gasteiger charge is 2.13. The van der Waals surface area contributed by atoms with Crippen molar-refractivity contribution in [3.8, 4) is 11.1 Å². The van der Waals surface area contributed by atoms with Gasteiger partial charge in [-0.05, 0) is 11.1 Å². The second-order valence-electron chi connectivity index (χ2n) is 6.11. The summed E-state index contributed by atoms with van der Waals surface area (Å²) >= 11 is 0. The third kappa shape index (κ3) is 5.58. The zero-order valence-corrected chi connectivity index (χ0v) is 16.8. The predicted octanol–water partition coefficient (Wildman–Crippen LogP) is -1.02. The molecule has 5 nitrogen and oxygen atoms in total. The van der Waals surface area contributed by atoms with Crippen LogP contribution in [0.4, 0.5) is 0 Å². The van der Waals surface area contributed by atoms with Crippen LogP contribution in [-0.2, 0) is 11.3 Å². The molecule has 2 aromatic carbocycles. The van der Waals surface area contributed by atoms with Gasteiger partial charge in [-0.1, -0.05) is 54.6 Å². The lowest BCUT2D eigenvalue weighted by Gasteiger charge is -2.04. The Morgan fingerprint density at radius 1 is 0.821 bits per heavy atom. The van der Waals surface area contributed by atoms with Crippen molar-refractivity contribution in [1.82, 2.24) is 5.32 Å². The van der Waals surface area contributed by atoms with Crippen LogP contribution in [0.25, 0.3) is 11.1 Å². The fourth-order valence-electron chi connectivity index (χ4n) is 2.74. The monoisotopic (exact) mass is 440 g/mol. The number of amides is 1. The number of pyridine rings is 1. The van der Waals surface area contributed by atoms with Gasteiger partial charge in [-0.2, -0.15) is 4.57 Å². The van der Waals surface area contributed by atoms with Gasteiger partial charge in [0.25, 0.3) is 5.91 Å². The minimum Gasteiger partial charge on any atom is -1.00 e. The van der Waals surface area contributed by atoms with E-state index >= 15 is 0 Å². The summed E-state index contributed by atoms with van der Waals surface area (Å²) in [6.45, 7) is 0.280. The zero-order chi connectivity index (χ0) is 19.1. The van der Waals surface area contributed by atoms with Gasteiger partial charge < -0.3 is 27.4 Å². The zero-order valence-electron chi connectivity index (χ0n) is 15.2. The van der Waals surface area contributed by atoms with E-state index in [9.17, 15) is 9.59 Å². The topological polar surface area (TPSA) is 70.3 Å². The van der Waals surface area contributed by atoms with Crippen LogP contribution in [0.1, 0.15) is 15.9 Å². The average Bonchev–Trinajstić information content (AvgIpc) is 2.73. The van der Waals surface area contributed by atoms with Crippen molar-refractivity contribution >= 4 is 11.7 Å². The number of nitrogens with one attached hydrogen (secondary N) is 1. The number of nitrogens with zero attached hydrogens (tertiary/aromatic N) is 1. The number of carbonyl (C=O) groups excluding carboxylic acids is 2. The maximum atomic E-state index is 12.7. The molecule has 3 aromatic rings. The van der Waals surface area contributed by atoms with Crippen molar-refractivity contribution in [3.05, 3.63) is 90.3 Å². The second-order valence-corrected chi connectivity index (χ2v) is 6.11. The van der Waals surface area contributed by atoms with Gasteiger partial charge in [-0.15, -0.1) is 0 Å². The molecule has 0 spiro atoms. The van der Waals surface area contributed by atoms with Gasteiger partial charge in [0.2, 0.25) is 6.54 Å². The lowest BCUT2D eigenvalue weighted by atomic mass is 10.00. The molecule has 144 valence electrons. The SMILES string of the molecule is O=C(C[n+]1ccc(C(=O)c2ccc(-c3ccccc3)cc2)cc1)NCCO.[Br-]. The van der Waals surface area contributed by atoms with Crippen molar-refractivity contribution in [3.63, 3.8) is 0 Å². The fourth-order valence-corrected chi connectivity index (χ4v) is 2.74. The predicted molar refractivity (Wildman–Crippen MR) is 102 cm³/mol. The number of aliphatic hydroxyl groups excluding tert-OH is 1. The largest absolute Gasteiger partial charge is 1.00 e. The molecule has 1 amide bonds. The molecule has 0 unspecified atom stereocenters. The summed E-state index contributed by atoms with van der Waals surface area (Å²) in [4.78, 5) is 24.3. The highest BCUT2D eigenvalue weighted by atomic mass is 79.9. The van der Waals surface area contributed by atoms with Crippen LogP contribution < -0.4 is 26.9 Å². The number of benzene rings is 2. The van der Waals surface area contributed by atoms with E-state index in [1.54, 1.807) is 29.1 Å². The number of carbonyl (C=O) groups is 2. The molecule has 6 heteroatoms. The van der Waals surface area contributed by atoms with E-state index in [4.69, 9.17) is 5.11 Å². The molecule has 0 saturated carbocycles. The van der Waals surface area contributed by atoms with Crippen molar-refractivity contribution in [2.45, 2.75) is 6.54 Å². The molecule has 0 radical (unpaired) electrons. The highest BCUT2D eigenvalue weighted by Crippen LogP contribution is 2.20. The Hall–Kier alpha value is -2.83. The van der Waals surface area contributed by atoms with Gasteiger partial charge in [0.15, 0.2) is 18.2 Å². The van der Waals surface area contributed by atoms with Gasteiger partial charge in [-0.25, -0.2) is 0 Å². The van der Waals surface area contributed by atoms with E-state index in [-0.39, 0.29) is 48.4 Å². The standard InChI is InChI=1S/C22H20N2O3.BrH/c25-15-12-23-21(26)16-24-13-10-20(11-14-24)22(27)19-8-6-18(7-9-19)17-4-2-1-3-5-17;/h1-11,13-14,25H,12,15-16H2;1H. The molecule has 0 aliphatic rings. The average molecular weight is 441 g/mol. The summed E-state index contributed by atoms with van der Waals surface area (Å²) in [6.07, 6.45) is 3.40. The molecule has 28 heavy (non-hydrogen) atoms. The molecule has 0 aliphatic heterocycles. The first-order valence-electron chi connectivity index (χ1n) is 8.74. The van der Waals surface area contributed by atoms with Crippen LogP contribution >= 0.6 is 0 Å². The summed E-state index contributed by atoms with van der Waals surface area (Å²) < 4.78 is 1.68. The van der Waals surface area contributed by atoms with Crippen LogP contribution in [0.15, 0.2) is 79.1 Å². The normalized spacial score (nSPS) is 10.0. The van der Waals surface area contributed by atoms with Crippen LogP contribution in [-0.4, -0.2) is 29.9 Å². The Morgan fingerprint density at radius 3 is 2.00 bits per heavy atom. The Kier molecular flexibility index (Phi) is 8.04. The smallest absolute Gasteiger partial charge is 0.286 e. The molecule has 1 heterocycles. The molecule has 0 bridgehead atoms. The number of aliphatic hydroxyl groups is 1. The maximum Gasteiger partial charge on any atom is 0.286 e. The molecule has 0 saturated heterocycles. The third-order valence-electron chi connectivity index (χ3n) is 4.17. The van der Waals surface area contributed by atoms with Crippen LogP contribution in [0, 0.1) is 0 Å². The molecule has 1 aromatic heterocycles. The van der Waals surface area contributed by atoms with E-state index in [0.717, 1.165) is 11.1 Å². The van der Waals surface area contributed by atoms with E-state index in [0.29, 0.717) is 11.1 Å². The molecular formula is C22H21BrN2O3. The van der Waals surface area contributed by atoms with Gasteiger partial charge in [0, 0.05) is 29.8 Å². The van der Waals surface area contributed by atoms with Crippen molar-refractivity contribution in [2.75, 3.05) is 13.2 Å². The Balaban J connectivity index is 0.00000280.